The Kier molecular flexibility index (Phi) is 5.31. The van der Waals surface area contributed by atoms with Gasteiger partial charge < -0.3 is 4.74 Å². The van der Waals surface area contributed by atoms with Gasteiger partial charge in [0.15, 0.2) is 0 Å². The Hall–Kier alpha value is -0.510. The van der Waals surface area contributed by atoms with Gasteiger partial charge in [-0.15, -0.1) is 11.6 Å². The zero-order valence-corrected chi connectivity index (χ0v) is 14.3. The largest absolute Gasteiger partial charge is 0.494 e. The molecule has 1 nitrogen and oxygen atoms in total. The van der Waals surface area contributed by atoms with Gasteiger partial charge in [-0.25, -0.2) is 0 Å². The highest BCUT2D eigenvalue weighted by atomic mass is 79.9. The third-order valence-corrected chi connectivity index (χ3v) is 4.39. The number of alkyl halides is 1. The molecule has 0 saturated heterocycles. The van der Waals surface area contributed by atoms with Crippen LogP contribution in [0.5, 0.6) is 5.75 Å². The van der Waals surface area contributed by atoms with Crippen molar-refractivity contribution >= 4 is 43.5 Å². The molecule has 0 amide bonds. The van der Waals surface area contributed by atoms with Gasteiger partial charge in [-0.1, -0.05) is 50.1 Å². The predicted molar refractivity (Wildman–Crippen MR) is 87.1 cm³/mol. The molecule has 1 atom stereocenters. The quantitative estimate of drug-likeness (QED) is 0.573. The maximum Gasteiger partial charge on any atom is 0.119 e. The fourth-order valence-electron chi connectivity index (χ4n) is 1.79. The van der Waals surface area contributed by atoms with Crippen LogP contribution in [0.3, 0.4) is 0 Å². The van der Waals surface area contributed by atoms with Crippen LogP contribution in [0, 0.1) is 0 Å². The second-order valence-electron chi connectivity index (χ2n) is 4.03. The van der Waals surface area contributed by atoms with Crippen molar-refractivity contribution in [2.24, 2.45) is 0 Å². The van der Waals surface area contributed by atoms with E-state index in [9.17, 15) is 0 Å². The van der Waals surface area contributed by atoms with Crippen molar-refractivity contribution in [2.45, 2.75) is 12.3 Å². The highest BCUT2D eigenvalue weighted by Gasteiger charge is 2.14. The van der Waals surface area contributed by atoms with Crippen molar-refractivity contribution in [2.75, 3.05) is 6.61 Å². The zero-order chi connectivity index (χ0) is 13.8. The maximum atomic E-state index is 6.53. The second kappa shape index (κ2) is 6.78. The minimum atomic E-state index is -0.182. The van der Waals surface area contributed by atoms with E-state index in [2.05, 4.69) is 31.9 Å². The first-order valence-corrected chi connectivity index (χ1v) is 7.96. The average molecular weight is 405 g/mol. The van der Waals surface area contributed by atoms with Gasteiger partial charge in [0, 0.05) is 8.95 Å². The molecular formula is C15H13Br2ClO. The Labute approximate surface area is 135 Å². The van der Waals surface area contributed by atoms with Crippen molar-refractivity contribution in [3.05, 3.63) is 62.5 Å². The molecular weight excluding hydrogens is 391 g/mol. The van der Waals surface area contributed by atoms with E-state index >= 15 is 0 Å². The smallest absolute Gasteiger partial charge is 0.119 e. The van der Waals surface area contributed by atoms with Crippen LogP contribution in [-0.2, 0) is 0 Å². The first-order chi connectivity index (χ1) is 9.11. The topological polar surface area (TPSA) is 9.23 Å². The molecule has 2 rings (SSSR count). The molecule has 0 N–H and O–H groups in total. The molecule has 2 aromatic carbocycles. The molecule has 0 heterocycles. The minimum Gasteiger partial charge on any atom is -0.494 e. The molecule has 0 aromatic heterocycles. The van der Waals surface area contributed by atoms with Crippen molar-refractivity contribution < 1.29 is 4.74 Å². The lowest BCUT2D eigenvalue weighted by Crippen LogP contribution is -1.96. The lowest BCUT2D eigenvalue weighted by Gasteiger charge is -2.13. The van der Waals surface area contributed by atoms with Crippen molar-refractivity contribution in [3.8, 4) is 5.75 Å². The van der Waals surface area contributed by atoms with Crippen molar-refractivity contribution in [1.82, 2.24) is 0 Å². The van der Waals surface area contributed by atoms with Crippen LogP contribution in [0.1, 0.15) is 23.4 Å². The molecule has 0 radical (unpaired) electrons. The number of hydrogen-bond donors (Lipinski definition) is 0. The van der Waals surface area contributed by atoms with Gasteiger partial charge in [-0.3, -0.25) is 0 Å². The molecule has 0 aliphatic rings. The molecule has 2 aromatic rings. The summed E-state index contributed by atoms with van der Waals surface area (Å²) in [5.74, 6) is 0.866. The number of rotatable bonds is 4. The lowest BCUT2D eigenvalue weighted by molar-refractivity contribution is 0.340. The molecule has 0 bridgehead atoms. The van der Waals surface area contributed by atoms with E-state index in [1.807, 2.05) is 49.4 Å². The highest BCUT2D eigenvalue weighted by molar-refractivity contribution is 9.11. The van der Waals surface area contributed by atoms with Crippen LogP contribution in [-0.4, -0.2) is 6.61 Å². The lowest BCUT2D eigenvalue weighted by atomic mass is 10.0. The third kappa shape index (κ3) is 3.74. The van der Waals surface area contributed by atoms with E-state index < -0.39 is 0 Å². The Balaban J connectivity index is 2.25. The molecule has 4 heteroatoms. The number of halogens is 3. The van der Waals surface area contributed by atoms with Crippen LogP contribution < -0.4 is 4.74 Å². The van der Waals surface area contributed by atoms with Gasteiger partial charge >= 0.3 is 0 Å². The molecule has 0 aliphatic heterocycles. The first-order valence-electron chi connectivity index (χ1n) is 5.93. The Bertz CT molecular complexity index is 555. The Morgan fingerprint density at radius 2 is 1.79 bits per heavy atom. The summed E-state index contributed by atoms with van der Waals surface area (Å²) in [4.78, 5) is 0. The maximum absolute atomic E-state index is 6.53. The molecule has 0 saturated carbocycles. The molecule has 0 aliphatic carbocycles. The van der Waals surface area contributed by atoms with Gasteiger partial charge in [0.25, 0.3) is 0 Å². The van der Waals surface area contributed by atoms with Crippen molar-refractivity contribution in [3.63, 3.8) is 0 Å². The summed E-state index contributed by atoms with van der Waals surface area (Å²) < 4.78 is 7.45. The Morgan fingerprint density at radius 1 is 1.11 bits per heavy atom. The summed E-state index contributed by atoms with van der Waals surface area (Å²) in [5, 5.41) is -0.182. The monoisotopic (exact) mass is 402 g/mol. The number of hydrogen-bond acceptors (Lipinski definition) is 1. The molecule has 0 spiro atoms. The summed E-state index contributed by atoms with van der Waals surface area (Å²) >= 11 is 13.5. The van der Waals surface area contributed by atoms with Crippen LogP contribution in [0.2, 0.25) is 0 Å². The normalized spacial score (nSPS) is 12.2. The SMILES string of the molecule is CCOc1ccc(C(Cl)c2ccc(Br)cc2Br)cc1. The summed E-state index contributed by atoms with van der Waals surface area (Å²) in [6, 6.07) is 13.9. The predicted octanol–water partition coefficient (Wildman–Crippen LogP) is 5.94. The highest BCUT2D eigenvalue weighted by Crippen LogP contribution is 2.35. The van der Waals surface area contributed by atoms with Gasteiger partial charge in [0.05, 0.1) is 12.0 Å². The molecule has 0 fully saturated rings. The fourth-order valence-corrected chi connectivity index (χ4v) is 3.53. The molecule has 100 valence electrons. The van der Waals surface area contributed by atoms with Gasteiger partial charge in [0.2, 0.25) is 0 Å². The second-order valence-corrected chi connectivity index (χ2v) is 6.24. The summed E-state index contributed by atoms with van der Waals surface area (Å²) in [5.41, 5.74) is 2.10. The Morgan fingerprint density at radius 3 is 2.37 bits per heavy atom. The van der Waals surface area contributed by atoms with Crippen molar-refractivity contribution in [1.29, 1.82) is 0 Å². The van der Waals surface area contributed by atoms with E-state index in [1.54, 1.807) is 0 Å². The minimum absolute atomic E-state index is 0.182. The summed E-state index contributed by atoms with van der Waals surface area (Å²) in [6.45, 7) is 2.64. The van der Waals surface area contributed by atoms with E-state index in [0.29, 0.717) is 6.61 Å². The zero-order valence-electron chi connectivity index (χ0n) is 10.4. The van der Waals surface area contributed by atoms with Gasteiger partial charge in [-0.2, -0.15) is 0 Å². The molecule has 19 heavy (non-hydrogen) atoms. The van der Waals surface area contributed by atoms with Crippen LogP contribution >= 0.6 is 43.5 Å². The summed E-state index contributed by atoms with van der Waals surface area (Å²) in [6.07, 6.45) is 0. The van der Waals surface area contributed by atoms with E-state index in [-0.39, 0.29) is 5.38 Å². The number of benzene rings is 2. The van der Waals surface area contributed by atoms with Crippen LogP contribution in [0.4, 0.5) is 0 Å². The van der Waals surface area contributed by atoms with Crippen LogP contribution in [0.25, 0.3) is 0 Å². The van der Waals surface area contributed by atoms with E-state index in [0.717, 1.165) is 25.8 Å². The van der Waals surface area contributed by atoms with E-state index in [1.165, 1.54) is 0 Å². The fraction of sp³-hybridized carbons (Fsp3) is 0.200. The average Bonchev–Trinajstić information content (AvgIpc) is 2.39. The molecule has 1 unspecified atom stereocenters. The van der Waals surface area contributed by atoms with Crippen LogP contribution in [0.15, 0.2) is 51.4 Å². The first kappa shape index (κ1) is 14.9. The van der Waals surface area contributed by atoms with Gasteiger partial charge in [0.1, 0.15) is 5.75 Å². The van der Waals surface area contributed by atoms with E-state index in [4.69, 9.17) is 16.3 Å². The van der Waals surface area contributed by atoms with Gasteiger partial charge in [-0.05, 0) is 42.3 Å². The third-order valence-electron chi connectivity index (χ3n) is 2.72. The summed E-state index contributed by atoms with van der Waals surface area (Å²) in [7, 11) is 0. The standard InChI is InChI=1S/C15H13Br2ClO/c1-2-19-12-6-3-10(4-7-12)15(18)13-8-5-11(16)9-14(13)17/h3-9,15H,2H2,1H3. The number of ether oxygens (including phenoxy) is 1.